The van der Waals surface area contributed by atoms with Crippen LogP contribution in [0.3, 0.4) is 0 Å². The van der Waals surface area contributed by atoms with Gasteiger partial charge in [-0.05, 0) is 43.0 Å². The number of pyridine rings is 1. The first kappa shape index (κ1) is 17.4. The van der Waals surface area contributed by atoms with Gasteiger partial charge in [-0.3, -0.25) is 4.79 Å². The van der Waals surface area contributed by atoms with Gasteiger partial charge in [0, 0.05) is 38.4 Å². The largest absolute Gasteiger partial charge is 0.373 e. The first-order chi connectivity index (χ1) is 12.3. The molecule has 1 aromatic carbocycles. The predicted molar refractivity (Wildman–Crippen MR) is 101 cm³/mol. The van der Waals surface area contributed by atoms with E-state index in [0.29, 0.717) is 23.8 Å². The molecule has 1 aliphatic rings. The lowest BCUT2D eigenvalue weighted by molar-refractivity contribution is 0.0945. The fourth-order valence-corrected chi connectivity index (χ4v) is 3.39. The molecule has 1 aromatic heterocycles. The highest BCUT2D eigenvalue weighted by Crippen LogP contribution is 2.26. The number of carbonyl (C=O) groups is 1. The van der Waals surface area contributed by atoms with Crippen LogP contribution in [0.4, 0.5) is 5.82 Å². The van der Waals surface area contributed by atoms with Gasteiger partial charge in [0.25, 0.3) is 5.91 Å². The lowest BCUT2D eigenvalue weighted by Crippen LogP contribution is -2.40. The van der Waals surface area contributed by atoms with Gasteiger partial charge in [-0.15, -0.1) is 0 Å². The quantitative estimate of drug-likeness (QED) is 0.850. The lowest BCUT2D eigenvalue weighted by Gasteiger charge is -2.33. The van der Waals surface area contributed by atoms with E-state index < -0.39 is 0 Å². The molecule has 1 atom stereocenters. The van der Waals surface area contributed by atoms with Gasteiger partial charge in [-0.25, -0.2) is 4.98 Å². The molecule has 0 saturated carbocycles. The van der Waals surface area contributed by atoms with Crippen LogP contribution >= 0.6 is 0 Å². The van der Waals surface area contributed by atoms with Gasteiger partial charge in [-0.1, -0.05) is 30.3 Å². The molecule has 1 fully saturated rings. The van der Waals surface area contributed by atoms with Gasteiger partial charge in [0.15, 0.2) is 0 Å². The van der Waals surface area contributed by atoms with Crippen molar-refractivity contribution in [1.82, 2.24) is 15.2 Å². The fourth-order valence-electron chi connectivity index (χ4n) is 3.39. The molecule has 25 heavy (non-hydrogen) atoms. The number of amides is 1. The molecule has 1 unspecified atom stereocenters. The normalized spacial score (nSPS) is 17.9. The summed E-state index contributed by atoms with van der Waals surface area (Å²) >= 11 is 0. The minimum atomic E-state index is -0.0458. The lowest BCUT2D eigenvalue weighted by atomic mass is 9.91. The zero-order chi connectivity index (χ0) is 17.5. The first-order valence-electron chi connectivity index (χ1n) is 8.95. The molecule has 1 saturated heterocycles. The van der Waals surface area contributed by atoms with Crippen molar-refractivity contribution in [1.29, 1.82) is 0 Å². The summed E-state index contributed by atoms with van der Waals surface area (Å²) in [5, 5.41) is 5.97. The summed E-state index contributed by atoms with van der Waals surface area (Å²) in [6.45, 7) is 3.73. The molecule has 5 heteroatoms. The number of hydrogen-bond donors (Lipinski definition) is 2. The van der Waals surface area contributed by atoms with E-state index in [2.05, 4.69) is 50.8 Å². The predicted octanol–water partition coefficient (Wildman–Crippen LogP) is 2.73. The summed E-state index contributed by atoms with van der Waals surface area (Å²) < 4.78 is 0. The number of hydrogen-bond acceptors (Lipinski definition) is 4. The molecular weight excluding hydrogens is 312 g/mol. The van der Waals surface area contributed by atoms with Gasteiger partial charge in [-0.2, -0.15) is 0 Å². The van der Waals surface area contributed by atoms with Crippen LogP contribution in [0.2, 0.25) is 0 Å². The van der Waals surface area contributed by atoms with E-state index in [4.69, 9.17) is 0 Å². The molecule has 132 valence electrons. The van der Waals surface area contributed by atoms with E-state index in [9.17, 15) is 4.79 Å². The zero-order valence-electron chi connectivity index (χ0n) is 14.7. The number of nitrogens with zero attached hydrogens (tertiary/aromatic N) is 2. The molecular formula is C20H26N4O. The van der Waals surface area contributed by atoms with E-state index in [1.807, 2.05) is 0 Å². The highest BCUT2D eigenvalue weighted by Gasteiger charge is 2.20. The number of piperidine rings is 1. The second kappa shape index (κ2) is 8.62. The topological polar surface area (TPSA) is 57.3 Å². The average Bonchev–Trinajstić information content (AvgIpc) is 2.69. The van der Waals surface area contributed by atoms with Gasteiger partial charge >= 0.3 is 0 Å². The van der Waals surface area contributed by atoms with Crippen LogP contribution in [0, 0.1) is 0 Å². The maximum atomic E-state index is 12.3. The van der Waals surface area contributed by atoms with Gasteiger partial charge in [0.1, 0.15) is 5.82 Å². The van der Waals surface area contributed by atoms with Crippen molar-refractivity contribution >= 4 is 11.7 Å². The summed E-state index contributed by atoms with van der Waals surface area (Å²) in [5.41, 5.74) is 2.06. The monoisotopic (exact) mass is 338 g/mol. The van der Waals surface area contributed by atoms with Crippen molar-refractivity contribution in [3.8, 4) is 0 Å². The van der Waals surface area contributed by atoms with Crippen molar-refractivity contribution < 1.29 is 4.79 Å². The number of likely N-dealkylation sites (tertiary alicyclic amines) is 1. The Morgan fingerprint density at radius 1 is 1.28 bits per heavy atom. The Labute approximate surface area is 149 Å². The third-order valence-electron chi connectivity index (χ3n) is 4.77. The molecule has 2 heterocycles. The summed E-state index contributed by atoms with van der Waals surface area (Å²) in [6.07, 6.45) is 4.11. The Morgan fingerprint density at radius 2 is 2.12 bits per heavy atom. The zero-order valence-corrected chi connectivity index (χ0v) is 14.7. The van der Waals surface area contributed by atoms with E-state index in [1.165, 1.54) is 18.4 Å². The van der Waals surface area contributed by atoms with Gasteiger partial charge in [0.05, 0.1) is 0 Å². The van der Waals surface area contributed by atoms with Gasteiger partial charge < -0.3 is 15.5 Å². The van der Waals surface area contributed by atoms with E-state index in [1.54, 1.807) is 25.4 Å². The van der Waals surface area contributed by atoms with E-state index in [-0.39, 0.29) is 5.91 Å². The van der Waals surface area contributed by atoms with Crippen LogP contribution in [0.25, 0.3) is 0 Å². The molecule has 1 amide bonds. The number of rotatable bonds is 6. The molecule has 5 nitrogen and oxygen atoms in total. The molecule has 0 aliphatic carbocycles. The Kier molecular flexibility index (Phi) is 6.01. The molecule has 2 N–H and O–H groups in total. The third kappa shape index (κ3) is 4.79. The maximum Gasteiger partial charge on any atom is 0.251 e. The minimum absolute atomic E-state index is 0.0458. The van der Waals surface area contributed by atoms with Crippen LogP contribution < -0.4 is 10.6 Å². The molecule has 1 aliphatic heterocycles. The molecule has 2 aromatic rings. The van der Waals surface area contributed by atoms with Crippen molar-refractivity contribution in [2.24, 2.45) is 0 Å². The molecule has 0 radical (unpaired) electrons. The van der Waals surface area contributed by atoms with Crippen LogP contribution in [0.5, 0.6) is 0 Å². The van der Waals surface area contributed by atoms with Crippen LogP contribution in [-0.2, 0) is 0 Å². The maximum absolute atomic E-state index is 12.3. The fraction of sp³-hybridized carbons (Fsp3) is 0.400. The van der Waals surface area contributed by atoms with Crippen LogP contribution in [0.1, 0.15) is 34.7 Å². The Morgan fingerprint density at radius 3 is 2.92 bits per heavy atom. The van der Waals surface area contributed by atoms with E-state index >= 15 is 0 Å². The standard InChI is InChI=1S/C20H26N4O/c1-21-19-14-17(9-10-22-19)20(25)23-11-13-24-12-5-8-18(15-24)16-6-3-2-4-7-16/h2-4,6-7,9-10,14,18H,5,8,11-13,15H2,1H3,(H,21,22)(H,23,25). The van der Waals surface area contributed by atoms with Crippen LogP contribution in [0.15, 0.2) is 48.7 Å². The number of nitrogens with one attached hydrogen (secondary N) is 2. The second-order valence-corrected chi connectivity index (χ2v) is 6.49. The minimum Gasteiger partial charge on any atom is -0.373 e. The summed E-state index contributed by atoms with van der Waals surface area (Å²) in [7, 11) is 1.80. The molecule has 0 bridgehead atoms. The average molecular weight is 338 g/mol. The Hall–Kier alpha value is -2.40. The third-order valence-corrected chi connectivity index (χ3v) is 4.77. The number of benzene rings is 1. The number of carbonyl (C=O) groups excluding carboxylic acids is 1. The SMILES string of the molecule is CNc1cc(C(=O)NCCN2CCCC(c3ccccc3)C2)ccn1. The molecule has 0 spiro atoms. The van der Waals surface area contributed by atoms with Crippen molar-refractivity contribution in [3.63, 3.8) is 0 Å². The Bertz CT molecular complexity index is 689. The summed E-state index contributed by atoms with van der Waals surface area (Å²) in [6, 6.07) is 14.2. The first-order valence-corrected chi connectivity index (χ1v) is 8.95. The number of anilines is 1. The highest BCUT2D eigenvalue weighted by atomic mass is 16.1. The van der Waals surface area contributed by atoms with Crippen molar-refractivity contribution in [3.05, 3.63) is 59.8 Å². The van der Waals surface area contributed by atoms with Crippen LogP contribution in [-0.4, -0.2) is 49.0 Å². The summed E-state index contributed by atoms with van der Waals surface area (Å²) in [4.78, 5) is 18.8. The van der Waals surface area contributed by atoms with Crippen molar-refractivity contribution in [2.75, 3.05) is 38.5 Å². The smallest absolute Gasteiger partial charge is 0.251 e. The second-order valence-electron chi connectivity index (χ2n) is 6.49. The highest BCUT2D eigenvalue weighted by molar-refractivity contribution is 5.94. The van der Waals surface area contributed by atoms with Crippen molar-refractivity contribution in [2.45, 2.75) is 18.8 Å². The molecule has 3 rings (SSSR count). The number of aromatic nitrogens is 1. The van der Waals surface area contributed by atoms with Gasteiger partial charge in [0.2, 0.25) is 0 Å². The summed E-state index contributed by atoms with van der Waals surface area (Å²) in [5.74, 6) is 1.26. The Balaban J connectivity index is 1.47. The van der Waals surface area contributed by atoms with E-state index in [0.717, 1.165) is 19.6 Å².